The fourth-order valence-corrected chi connectivity index (χ4v) is 4.36. The lowest BCUT2D eigenvalue weighted by Crippen LogP contribution is -2.47. The van der Waals surface area contributed by atoms with Crippen molar-refractivity contribution in [3.8, 4) is 0 Å². The molecule has 2 heteroatoms. The van der Waals surface area contributed by atoms with E-state index in [9.17, 15) is 0 Å². The number of hydrogen-bond donors (Lipinski definition) is 0. The first-order chi connectivity index (χ1) is 9.14. The molecule has 0 aromatic rings. The Morgan fingerprint density at radius 1 is 1.16 bits per heavy atom. The molecule has 1 fully saturated rings. The van der Waals surface area contributed by atoms with Crippen LogP contribution >= 0.6 is 0 Å². The summed E-state index contributed by atoms with van der Waals surface area (Å²) in [6.45, 7) is 0. The molecule has 2 nitrogen and oxygen atoms in total. The molecule has 0 aromatic heterocycles. The van der Waals surface area contributed by atoms with E-state index in [1.165, 1.54) is 43.3 Å². The third-order valence-corrected chi connectivity index (χ3v) is 5.54. The molecule has 0 saturated carbocycles. The molecule has 0 N–H and O–H groups in total. The van der Waals surface area contributed by atoms with E-state index in [2.05, 4.69) is 43.3 Å². The maximum absolute atomic E-state index is 6.75. The maximum atomic E-state index is 6.75. The standard InChI is InChI=1S/C17H23NO/c1-18(2)15-7-6-14-11-13-5-3-4-8-16(13)9-10-17(14,12-15)19-16/h5-7,11,15H,3-4,8-10,12H2,1-2H3/t15-,16-,17-/m1/s1. The van der Waals surface area contributed by atoms with Gasteiger partial charge >= 0.3 is 0 Å². The van der Waals surface area contributed by atoms with Crippen LogP contribution in [-0.2, 0) is 4.74 Å². The Kier molecular flexibility index (Phi) is 2.40. The average Bonchev–Trinajstić information content (AvgIpc) is 2.69. The van der Waals surface area contributed by atoms with Gasteiger partial charge in [-0.05, 0) is 63.8 Å². The molecule has 3 atom stereocenters. The minimum absolute atomic E-state index is 0.0123. The van der Waals surface area contributed by atoms with Crippen LogP contribution in [0.4, 0.5) is 0 Å². The molecule has 0 amide bonds. The van der Waals surface area contributed by atoms with Crippen LogP contribution in [0.1, 0.15) is 38.5 Å². The molecule has 4 rings (SSSR count). The molecule has 0 radical (unpaired) electrons. The predicted octanol–water partition coefficient (Wildman–Crippen LogP) is 3.21. The molecule has 2 aliphatic heterocycles. The Labute approximate surface area is 115 Å². The second kappa shape index (κ2) is 3.83. The van der Waals surface area contributed by atoms with E-state index in [0.29, 0.717) is 6.04 Å². The second-order valence-corrected chi connectivity index (χ2v) is 6.84. The summed E-state index contributed by atoms with van der Waals surface area (Å²) in [5, 5.41) is 0. The summed E-state index contributed by atoms with van der Waals surface area (Å²) in [7, 11) is 4.33. The van der Waals surface area contributed by atoms with Crippen LogP contribution in [0.25, 0.3) is 0 Å². The zero-order valence-corrected chi connectivity index (χ0v) is 12.0. The fraction of sp³-hybridized carbons (Fsp3) is 0.647. The van der Waals surface area contributed by atoms with Crippen molar-refractivity contribution < 1.29 is 4.74 Å². The van der Waals surface area contributed by atoms with Crippen molar-refractivity contribution in [1.29, 1.82) is 0 Å². The summed E-state index contributed by atoms with van der Waals surface area (Å²) in [6, 6.07) is 0.515. The van der Waals surface area contributed by atoms with Crippen molar-refractivity contribution >= 4 is 0 Å². The van der Waals surface area contributed by atoms with Gasteiger partial charge in [-0.1, -0.05) is 24.3 Å². The van der Waals surface area contributed by atoms with Crippen LogP contribution in [0.15, 0.2) is 35.5 Å². The molecule has 0 unspecified atom stereocenters. The second-order valence-electron chi connectivity index (χ2n) is 6.84. The molecule has 2 spiro atoms. The van der Waals surface area contributed by atoms with E-state index in [4.69, 9.17) is 4.74 Å². The Hall–Kier alpha value is -0.860. The number of allylic oxidation sites excluding steroid dienone is 1. The molecule has 2 bridgehead atoms. The van der Waals surface area contributed by atoms with Crippen LogP contribution in [-0.4, -0.2) is 36.2 Å². The van der Waals surface area contributed by atoms with Gasteiger partial charge in [-0.25, -0.2) is 0 Å². The predicted molar refractivity (Wildman–Crippen MR) is 77.0 cm³/mol. The Morgan fingerprint density at radius 2 is 2.00 bits per heavy atom. The molecule has 2 aliphatic carbocycles. The highest BCUT2D eigenvalue weighted by molar-refractivity contribution is 5.49. The highest BCUT2D eigenvalue weighted by Crippen LogP contribution is 2.57. The maximum Gasteiger partial charge on any atom is 0.0962 e. The lowest BCUT2D eigenvalue weighted by molar-refractivity contribution is -0.0858. The minimum Gasteiger partial charge on any atom is -0.359 e. The van der Waals surface area contributed by atoms with Crippen LogP contribution in [0.2, 0.25) is 0 Å². The van der Waals surface area contributed by atoms with E-state index in [1.807, 2.05) is 0 Å². The highest BCUT2D eigenvalue weighted by Gasteiger charge is 2.56. The van der Waals surface area contributed by atoms with Crippen LogP contribution < -0.4 is 0 Å². The number of likely N-dealkylation sites (N-methyl/N-ethyl adjacent to an activating group) is 1. The molecular formula is C17H23NO. The van der Waals surface area contributed by atoms with Gasteiger partial charge in [0.2, 0.25) is 0 Å². The van der Waals surface area contributed by atoms with Gasteiger partial charge in [0, 0.05) is 6.04 Å². The zero-order valence-electron chi connectivity index (χ0n) is 12.0. The monoisotopic (exact) mass is 257 g/mol. The van der Waals surface area contributed by atoms with Gasteiger partial charge in [0.25, 0.3) is 0 Å². The van der Waals surface area contributed by atoms with E-state index in [-0.39, 0.29) is 11.2 Å². The summed E-state index contributed by atoms with van der Waals surface area (Å²) < 4.78 is 6.75. The third kappa shape index (κ3) is 1.56. The third-order valence-electron chi connectivity index (χ3n) is 5.54. The quantitative estimate of drug-likeness (QED) is 0.715. The normalized spacial score (nSPS) is 43.6. The largest absolute Gasteiger partial charge is 0.359 e. The average molecular weight is 257 g/mol. The molecule has 0 aromatic carbocycles. The molecule has 2 heterocycles. The lowest BCUT2D eigenvalue weighted by Gasteiger charge is -2.46. The number of ether oxygens (including phenoxy) is 1. The van der Waals surface area contributed by atoms with Crippen molar-refractivity contribution in [2.75, 3.05) is 14.1 Å². The van der Waals surface area contributed by atoms with E-state index in [0.717, 1.165) is 6.42 Å². The van der Waals surface area contributed by atoms with Gasteiger partial charge in [-0.3, -0.25) is 0 Å². The van der Waals surface area contributed by atoms with Gasteiger partial charge < -0.3 is 9.64 Å². The Morgan fingerprint density at radius 3 is 2.84 bits per heavy atom. The van der Waals surface area contributed by atoms with Crippen LogP contribution in [0.3, 0.4) is 0 Å². The van der Waals surface area contributed by atoms with Crippen molar-refractivity contribution in [2.24, 2.45) is 0 Å². The van der Waals surface area contributed by atoms with Crippen molar-refractivity contribution in [3.63, 3.8) is 0 Å². The summed E-state index contributed by atoms with van der Waals surface area (Å²) in [5.74, 6) is 0. The number of rotatable bonds is 1. The first-order valence-electron chi connectivity index (χ1n) is 7.61. The van der Waals surface area contributed by atoms with Crippen molar-refractivity contribution in [1.82, 2.24) is 4.90 Å². The van der Waals surface area contributed by atoms with Gasteiger partial charge in [-0.15, -0.1) is 0 Å². The summed E-state index contributed by atoms with van der Waals surface area (Å²) in [6.07, 6.45) is 16.8. The van der Waals surface area contributed by atoms with Gasteiger partial charge in [-0.2, -0.15) is 0 Å². The van der Waals surface area contributed by atoms with E-state index >= 15 is 0 Å². The number of hydrogen-bond acceptors (Lipinski definition) is 2. The zero-order chi connectivity index (χ0) is 13.1. The van der Waals surface area contributed by atoms with Crippen molar-refractivity contribution in [2.45, 2.75) is 55.8 Å². The molecule has 4 aliphatic rings. The summed E-state index contributed by atoms with van der Waals surface area (Å²) in [5.41, 5.74) is 2.98. The lowest BCUT2D eigenvalue weighted by atomic mass is 9.78. The smallest absolute Gasteiger partial charge is 0.0962 e. The Bertz CT molecular complexity index is 501. The molecule has 1 saturated heterocycles. The topological polar surface area (TPSA) is 12.5 Å². The fourth-order valence-electron chi connectivity index (χ4n) is 4.36. The first kappa shape index (κ1) is 11.9. The molecule has 102 valence electrons. The van der Waals surface area contributed by atoms with Crippen LogP contribution in [0.5, 0.6) is 0 Å². The van der Waals surface area contributed by atoms with Gasteiger partial charge in [0.05, 0.1) is 11.2 Å². The molecule has 19 heavy (non-hydrogen) atoms. The van der Waals surface area contributed by atoms with E-state index in [1.54, 1.807) is 0 Å². The SMILES string of the molecule is CN(C)[C@@H]1C=CC2=CC3=CCCC[C@@]34CC[C@]2(C1)O4. The minimum atomic E-state index is 0.0123. The van der Waals surface area contributed by atoms with E-state index < -0.39 is 0 Å². The number of nitrogens with zero attached hydrogens (tertiary/aromatic N) is 1. The summed E-state index contributed by atoms with van der Waals surface area (Å²) >= 11 is 0. The first-order valence-corrected chi connectivity index (χ1v) is 7.61. The summed E-state index contributed by atoms with van der Waals surface area (Å²) in [4.78, 5) is 2.31. The highest BCUT2D eigenvalue weighted by atomic mass is 16.5. The van der Waals surface area contributed by atoms with Crippen molar-refractivity contribution in [3.05, 3.63) is 35.5 Å². The van der Waals surface area contributed by atoms with Gasteiger partial charge in [0.1, 0.15) is 0 Å². The Balaban J connectivity index is 1.79. The molecular weight excluding hydrogens is 234 g/mol. The van der Waals surface area contributed by atoms with Gasteiger partial charge in [0.15, 0.2) is 0 Å². The van der Waals surface area contributed by atoms with Crippen LogP contribution in [0, 0.1) is 0 Å².